The molecule has 5 rings (SSSR count). The zero-order chi connectivity index (χ0) is 28.6. The summed E-state index contributed by atoms with van der Waals surface area (Å²) in [5.41, 5.74) is 1.25. The fourth-order valence-electron chi connectivity index (χ4n) is 5.08. The zero-order valence-corrected chi connectivity index (χ0v) is 22.3. The SMILES string of the molecule is COc1c(C(=O)NC2CN(C(=O)COC(C)=O)C2)n(C)c2c1c(=O)n(CC(=O)c1ccccc1)c1ccccc21. The van der Waals surface area contributed by atoms with Crippen LogP contribution >= 0.6 is 0 Å². The first-order chi connectivity index (χ1) is 19.2. The van der Waals surface area contributed by atoms with Gasteiger partial charge in [-0.05, 0) is 6.07 Å². The number of likely N-dealkylation sites (tertiary alicyclic amines) is 1. The number of nitrogens with zero attached hydrogens (tertiary/aromatic N) is 3. The van der Waals surface area contributed by atoms with Crippen LogP contribution in [-0.2, 0) is 27.9 Å². The van der Waals surface area contributed by atoms with E-state index in [2.05, 4.69) is 5.32 Å². The second kappa shape index (κ2) is 10.7. The molecule has 0 spiro atoms. The molecule has 11 heteroatoms. The normalized spacial score (nSPS) is 13.2. The van der Waals surface area contributed by atoms with Crippen molar-refractivity contribution >= 4 is 45.4 Å². The number of hydrogen-bond donors (Lipinski definition) is 1. The van der Waals surface area contributed by atoms with E-state index in [4.69, 9.17) is 9.47 Å². The molecule has 2 amide bonds. The number of aromatic nitrogens is 2. The van der Waals surface area contributed by atoms with Gasteiger partial charge in [-0.2, -0.15) is 0 Å². The Hall–Kier alpha value is -4.93. The third kappa shape index (κ3) is 4.70. The zero-order valence-electron chi connectivity index (χ0n) is 22.3. The second-order valence-corrected chi connectivity index (χ2v) is 9.61. The van der Waals surface area contributed by atoms with Gasteiger partial charge in [0.1, 0.15) is 5.39 Å². The smallest absolute Gasteiger partial charge is 0.303 e. The maximum Gasteiger partial charge on any atom is 0.303 e. The highest BCUT2D eigenvalue weighted by molar-refractivity contribution is 6.12. The Labute approximate surface area is 228 Å². The van der Waals surface area contributed by atoms with E-state index in [1.807, 2.05) is 18.2 Å². The topological polar surface area (TPSA) is 129 Å². The lowest BCUT2D eigenvalue weighted by Crippen LogP contribution is -2.61. The Balaban J connectivity index is 1.50. The second-order valence-electron chi connectivity index (χ2n) is 9.61. The average molecular weight is 545 g/mol. The summed E-state index contributed by atoms with van der Waals surface area (Å²) < 4.78 is 13.4. The largest absolute Gasteiger partial charge is 0.493 e. The van der Waals surface area contributed by atoms with Crippen LogP contribution in [0.25, 0.3) is 21.8 Å². The Morgan fingerprint density at radius 1 is 1.00 bits per heavy atom. The quantitative estimate of drug-likeness (QED) is 0.265. The van der Waals surface area contributed by atoms with Crippen LogP contribution in [0.3, 0.4) is 0 Å². The molecule has 2 aromatic heterocycles. The number of carbonyl (C=O) groups is 4. The van der Waals surface area contributed by atoms with E-state index in [-0.39, 0.29) is 60.8 Å². The Morgan fingerprint density at radius 2 is 1.68 bits per heavy atom. The number of ether oxygens (including phenoxy) is 2. The van der Waals surface area contributed by atoms with Crippen LogP contribution in [0.5, 0.6) is 5.75 Å². The third-order valence-corrected chi connectivity index (χ3v) is 7.04. The molecule has 1 N–H and O–H groups in total. The molecule has 206 valence electrons. The van der Waals surface area contributed by atoms with E-state index in [1.54, 1.807) is 48.0 Å². The maximum absolute atomic E-state index is 13.9. The Bertz CT molecular complexity index is 1720. The highest BCUT2D eigenvalue weighted by Crippen LogP contribution is 2.34. The number of methoxy groups -OCH3 is 1. The van der Waals surface area contributed by atoms with Gasteiger partial charge in [-0.25, -0.2) is 0 Å². The summed E-state index contributed by atoms with van der Waals surface area (Å²) in [6.45, 7) is 1.21. The standard InChI is InChI=1S/C29H28N4O7/c1-17(34)40-16-23(36)32-13-19(14-32)30-28(37)26-27(39-3)24-25(31(26)2)20-11-7-8-12-21(20)33(29(24)38)15-22(35)18-9-5-4-6-10-18/h4-12,19H,13-16H2,1-3H3,(H,30,37). The fourth-order valence-corrected chi connectivity index (χ4v) is 5.08. The molecule has 40 heavy (non-hydrogen) atoms. The van der Waals surface area contributed by atoms with Gasteiger partial charge in [0.15, 0.2) is 23.8 Å². The van der Waals surface area contributed by atoms with Crippen molar-refractivity contribution in [2.75, 3.05) is 26.8 Å². The van der Waals surface area contributed by atoms with Gasteiger partial charge in [-0.15, -0.1) is 0 Å². The molecule has 1 fully saturated rings. The van der Waals surface area contributed by atoms with Crippen LogP contribution in [0.1, 0.15) is 27.8 Å². The van der Waals surface area contributed by atoms with Crippen molar-refractivity contribution in [3.63, 3.8) is 0 Å². The number of carbonyl (C=O) groups excluding carboxylic acids is 4. The highest BCUT2D eigenvalue weighted by atomic mass is 16.5. The first-order valence-corrected chi connectivity index (χ1v) is 12.7. The molecule has 1 aliphatic rings. The number of fused-ring (bicyclic) bond motifs is 3. The third-order valence-electron chi connectivity index (χ3n) is 7.04. The summed E-state index contributed by atoms with van der Waals surface area (Å²) in [6, 6.07) is 15.6. The summed E-state index contributed by atoms with van der Waals surface area (Å²) in [6.07, 6.45) is 0. The predicted molar refractivity (Wildman–Crippen MR) is 146 cm³/mol. The van der Waals surface area contributed by atoms with Gasteiger partial charge in [-0.1, -0.05) is 48.5 Å². The number of amides is 2. The molecular formula is C29H28N4O7. The fraction of sp³-hybridized carbons (Fsp3) is 0.276. The number of benzene rings is 2. The summed E-state index contributed by atoms with van der Waals surface area (Å²) in [7, 11) is 3.07. The molecule has 1 aliphatic heterocycles. The Morgan fingerprint density at radius 3 is 2.35 bits per heavy atom. The Kier molecular flexibility index (Phi) is 7.12. The summed E-state index contributed by atoms with van der Waals surface area (Å²) in [4.78, 5) is 65.0. The number of para-hydroxylation sites is 1. The van der Waals surface area contributed by atoms with Crippen molar-refractivity contribution in [2.45, 2.75) is 19.5 Å². The molecule has 4 aromatic rings. The molecule has 0 saturated carbocycles. The molecular weight excluding hydrogens is 516 g/mol. The van der Waals surface area contributed by atoms with Gasteiger partial charge in [0.25, 0.3) is 17.4 Å². The van der Waals surface area contributed by atoms with Crippen LogP contribution < -0.4 is 15.6 Å². The minimum Gasteiger partial charge on any atom is -0.493 e. The monoisotopic (exact) mass is 544 g/mol. The maximum atomic E-state index is 13.9. The van der Waals surface area contributed by atoms with Crippen molar-refractivity contribution in [2.24, 2.45) is 7.05 Å². The molecule has 0 atom stereocenters. The molecule has 0 bridgehead atoms. The van der Waals surface area contributed by atoms with Crippen molar-refractivity contribution in [3.05, 3.63) is 76.2 Å². The molecule has 2 aromatic carbocycles. The van der Waals surface area contributed by atoms with E-state index in [0.29, 0.717) is 22.0 Å². The van der Waals surface area contributed by atoms with Gasteiger partial charge >= 0.3 is 5.97 Å². The number of aryl methyl sites for hydroxylation is 1. The van der Waals surface area contributed by atoms with E-state index in [0.717, 1.165) is 0 Å². The molecule has 0 radical (unpaired) electrons. The molecule has 11 nitrogen and oxygen atoms in total. The lowest BCUT2D eigenvalue weighted by molar-refractivity contribution is -0.152. The minimum atomic E-state index is -0.544. The predicted octanol–water partition coefficient (Wildman–Crippen LogP) is 1.89. The number of nitrogens with one attached hydrogen (secondary N) is 1. The van der Waals surface area contributed by atoms with Crippen LogP contribution in [0.2, 0.25) is 0 Å². The van der Waals surface area contributed by atoms with Crippen molar-refractivity contribution in [1.82, 2.24) is 19.4 Å². The van der Waals surface area contributed by atoms with Gasteiger partial charge in [0, 0.05) is 38.0 Å². The molecule has 0 unspecified atom stereocenters. The van der Waals surface area contributed by atoms with Crippen molar-refractivity contribution in [1.29, 1.82) is 0 Å². The summed E-state index contributed by atoms with van der Waals surface area (Å²) in [5, 5.41) is 3.77. The van der Waals surface area contributed by atoms with Crippen molar-refractivity contribution < 1.29 is 28.7 Å². The van der Waals surface area contributed by atoms with Gasteiger partial charge in [0.2, 0.25) is 0 Å². The lowest BCUT2D eigenvalue weighted by Gasteiger charge is -2.39. The van der Waals surface area contributed by atoms with Gasteiger partial charge < -0.3 is 24.3 Å². The van der Waals surface area contributed by atoms with Crippen LogP contribution in [0.4, 0.5) is 0 Å². The van der Waals surface area contributed by atoms with E-state index in [9.17, 15) is 24.0 Å². The average Bonchev–Trinajstić information content (AvgIpc) is 3.24. The minimum absolute atomic E-state index is 0.105. The highest BCUT2D eigenvalue weighted by Gasteiger charge is 2.34. The summed E-state index contributed by atoms with van der Waals surface area (Å²) in [5.74, 6) is -1.48. The number of pyridine rings is 1. The van der Waals surface area contributed by atoms with Gasteiger partial charge in [0.05, 0.1) is 30.7 Å². The first kappa shape index (κ1) is 26.7. The van der Waals surface area contributed by atoms with Crippen molar-refractivity contribution in [3.8, 4) is 5.75 Å². The van der Waals surface area contributed by atoms with Gasteiger partial charge in [-0.3, -0.25) is 28.5 Å². The molecule has 0 aliphatic carbocycles. The number of rotatable bonds is 8. The number of ketones is 1. The van der Waals surface area contributed by atoms with Crippen LogP contribution in [-0.4, -0.2) is 70.4 Å². The van der Waals surface area contributed by atoms with E-state index in [1.165, 1.54) is 23.5 Å². The molecule has 1 saturated heterocycles. The van der Waals surface area contributed by atoms with E-state index >= 15 is 0 Å². The van der Waals surface area contributed by atoms with E-state index < -0.39 is 17.4 Å². The van der Waals surface area contributed by atoms with Crippen LogP contribution in [0, 0.1) is 0 Å². The number of hydrogen-bond acceptors (Lipinski definition) is 7. The molecule has 3 heterocycles. The number of esters is 1. The first-order valence-electron chi connectivity index (χ1n) is 12.7. The lowest BCUT2D eigenvalue weighted by atomic mass is 10.1. The number of Topliss-reactive ketones (excluding diaryl/α,β-unsaturated/α-hetero) is 1. The van der Waals surface area contributed by atoms with Crippen LogP contribution in [0.15, 0.2) is 59.4 Å². The summed E-state index contributed by atoms with van der Waals surface area (Å²) >= 11 is 0.